The fourth-order valence-electron chi connectivity index (χ4n) is 3.96. The molecule has 1 aliphatic rings. The maximum absolute atomic E-state index is 13.0. The zero-order valence-corrected chi connectivity index (χ0v) is 20.4. The molecule has 0 spiro atoms. The summed E-state index contributed by atoms with van der Waals surface area (Å²) in [6, 6.07) is 15.0. The fraction of sp³-hybridized carbons (Fsp3) is 0.409. The largest absolute Gasteiger partial charge is 0.361 e. The molecule has 1 aliphatic carbocycles. The number of nitrogens with one attached hydrogen (secondary N) is 1. The van der Waals surface area contributed by atoms with Crippen LogP contribution < -0.4 is 10.6 Å². The van der Waals surface area contributed by atoms with E-state index in [9.17, 15) is 13.9 Å². The van der Waals surface area contributed by atoms with Crippen LogP contribution in [0.4, 0.5) is 0 Å². The molecule has 2 atom stereocenters. The van der Waals surface area contributed by atoms with Crippen molar-refractivity contribution in [1.29, 1.82) is 0 Å². The summed E-state index contributed by atoms with van der Waals surface area (Å²) in [6.07, 6.45) is 0.993. The smallest absolute Gasteiger partial charge is 0.342 e. The first kappa shape index (κ1) is 24.8. The van der Waals surface area contributed by atoms with Gasteiger partial charge in [-0.15, -0.1) is 0 Å². The molecule has 0 unspecified atom stereocenters. The van der Waals surface area contributed by atoms with Crippen LogP contribution in [0.2, 0.25) is 0 Å². The van der Waals surface area contributed by atoms with Crippen LogP contribution in [0, 0.1) is 0 Å². The van der Waals surface area contributed by atoms with Gasteiger partial charge in [0, 0.05) is 20.1 Å². The van der Waals surface area contributed by atoms with Gasteiger partial charge in [0.2, 0.25) is 6.41 Å². The van der Waals surface area contributed by atoms with Crippen molar-refractivity contribution in [2.24, 2.45) is 0 Å². The highest BCUT2D eigenvalue weighted by atomic mass is 31.2. The summed E-state index contributed by atoms with van der Waals surface area (Å²) in [6.45, 7) is 4.14. The normalized spacial score (nSPS) is 20.7. The van der Waals surface area contributed by atoms with E-state index in [4.69, 9.17) is 18.1 Å². The van der Waals surface area contributed by atoms with E-state index < -0.39 is 20.5 Å². The van der Waals surface area contributed by atoms with Crippen LogP contribution in [0.25, 0.3) is 11.1 Å². The molecule has 10 heteroatoms. The van der Waals surface area contributed by atoms with Gasteiger partial charge in [-0.2, -0.15) is 0 Å². The summed E-state index contributed by atoms with van der Waals surface area (Å²) < 4.78 is 47.0. The SMILES string of the molecule is CCOP(=O)(OCC)c1ccc(-c2ccc([C@H]3C[C@@]3(NC=O)P(=O)(OC)OC)cc2)cc1. The van der Waals surface area contributed by atoms with E-state index in [2.05, 4.69) is 5.32 Å². The fourth-order valence-corrected chi connectivity index (χ4v) is 7.48. The Bertz CT molecular complexity index is 1010. The topological polar surface area (TPSA) is 100 Å². The van der Waals surface area contributed by atoms with Crippen molar-refractivity contribution < 1.29 is 32.0 Å². The Morgan fingerprint density at radius 3 is 1.88 bits per heavy atom. The van der Waals surface area contributed by atoms with Crippen molar-refractivity contribution in [3.8, 4) is 11.1 Å². The van der Waals surface area contributed by atoms with Gasteiger partial charge in [0.1, 0.15) is 5.28 Å². The van der Waals surface area contributed by atoms with Crippen LogP contribution in [-0.4, -0.2) is 39.1 Å². The van der Waals surface area contributed by atoms with Crippen LogP contribution in [0.15, 0.2) is 48.5 Å². The van der Waals surface area contributed by atoms with Crippen molar-refractivity contribution in [2.75, 3.05) is 27.4 Å². The van der Waals surface area contributed by atoms with Gasteiger partial charge in [0.15, 0.2) is 0 Å². The number of hydrogen-bond acceptors (Lipinski definition) is 7. The third-order valence-electron chi connectivity index (χ3n) is 5.64. The Kier molecular flexibility index (Phi) is 7.77. The summed E-state index contributed by atoms with van der Waals surface area (Å²) in [5.41, 5.74) is 2.82. The molecule has 1 fully saturated rings. The Labute approximate surface area is 188 Å². The van der Waals surface area contributed by atoms with E-state index >= 15 is 0 Å². The molecule has 1 saturated carbocycles. The monoisotopic (exact) mass is 481 g/mol. The van der Waals surface area contributed by atoms with Crippen molar-refractivity contribution in [3.05, 3.63) is 54.1 Å². The summed E-state index contributed by atoms with van der Waals surface area (Å²) in [4.78, 5) is 11.2. The second-order valence-electron chi connectivity index (χ2n) is 7.31. The predicted molar refractivity (Wildman–Crippen MR) is 123 cm³/mol. The van der Waals surface area contributed by atoms with Gasteiger partial charge in [-0.3, -0.25) is 13.9 Å². The van der Waals surface area contributed by atoms with Gasteiger partial charge in [0.25, 0.3) is 0 Å². The molecule has 2 aromatic rings. The number of carbonyl (C=O) groups excluding carboxylic acids is 1. The lowest BCUT2D eigenvalue weighted by Gasteiger charge is -2.24. The molecular formula is C22H29NO7P2. The van der Waals surface area contributed by atoms with Crippen molar-refractivity contribution in [1.82, 2.24) is 5.32 Å². The molecule has 2 aromatic carbocycles. The maximum atomic E-state index is 13.0. The first-order valence-corrected chi connectivity index (χ1v) is 13.4. The van der Waals surface area contributed by atoms with E-state index in [1.54, 1.807) is 26.0 Å². The second kappa shape index (κ2) is 10.0. The van der Waals surface area contributed by atoms with Gasteiger partial charge in [-0.25, -0.2) is 0 Å². The van der Waals surface area contributed by atoms with Gasteiger partial charge in [-0.1, -0.05) is 36.4 Å². The first-order valence-electron chi connectivity index (χ1n) is 10.4. The predicted octanol–water partition coefficient (Wildman–Crippen LogP) is 4.66. The minimum Gasteiger partial charge on any atom is -0.342 e. The number of rotatable bonds is 12. The Balaban J connectivity index is 1.81. The molecule has 0 aliphatic heterocycles. The van der Waals surface area contributed by atoms with Gasteiger partial charge in [0.05, 0.1) is 18.5 Å². The molecule has 0 heterocycles. The molecule has 0 bridgehead atoms. The van der Waals surface area contributed by atoms with E-state index in [0.29, 0.717) is 31.3 Å². The van der Waals surface area contributed by atoms with Crippen LogP contribution >= 0.6 is 15.2 Å². The zero-order chi connectivity index (χ0) is 23.4. The molecule has 32 heavy (non-hydrogen) atoms. The van der Waals surface area contributed by atoms with Crippen LogP contribution in [0.3, 0.4) is 0 Å². The lowest BCUT2D eigenvalue weighted by Crippen LogP contribution is -2.33. The highest BCUT2D eigenvalue weighted by molar-refractivity contribution is 7.62. The highest BCUT2D eigenvalue weighted by Gasteiger charge is 2.68. The van der Waals surface area contributed by atoms with Crippen LogP contribution in [-0.2, 0) is 32.0 Å². The Hall–Kier alpha value is -1.79. The van der Waals surface area contributed by atoms with Crippen LogP contribution in [0.1, 0.15) is 31.7 Å². The molecule has 1 N–H and O–H groups in total. The van der Waals surface area contributed by atoms with Crippen molar-refractivity contribution in [3.63, 3.8) is 0 Å². The minimum atomic E-state index is -3.51. The van der Waals surface area contributed by atoms with Crippen molar-refractivity contribution in [2.45, 2.75) is 31.5 Å². The van der Waals surface area contributed by atoms with Crippen molar-refractivity contribution >= 4 is 26.9 Å². The lowest BCUT2D eigenvalue weighted by molar-refractivity contribution is -0.110. The van der Waals surface area contributed by atoms with Gasteiger partial charge >= 0.3 is 15.2 Å². The molecule has 3 rings (SSSR count). The molecule has 174 valence electrons. The quantitative estimate of drug-likeness (QED) is 0.348. The third-order valence-corrected chi connectivity index (χ3v) is 10.3. The molecule has 0 radical (unpaired) electrons. The zero-order valence-electron chi connectivity index (χ0n) is 18.6. The maximum Gasteiger partial charge on any atom is 0.361 e. The number of benzene rings is 2. The number of hydrogen-bond donors (Lipinski definition) is 1. The summed E-state index contributed by atoms with van der Waals surface area (Å²) in [5.74, 6) is -0.182. The van der Waals surface area contributed by atoms with E-state index in [-0.39, 0.29) is 5.92 Å². The Morgan fingerprint density at radius 1 is 0.938 bits per heavy atom. The summed E-state index contributed by atoms with van der Waals surface area (Å²) in [7, 11) is -4.20. The van der Waals surface area contributed by atoms with E-state index in [0.717, 1.165) is 16.7 Å². The molecular weight excluding hydrogens is 452 g/mol. The minimum absolute atomic E-state index is 0.182. The average Bonchev–Trinajstić information content (AvgIpc) is 3.55. The summed E-state index contributed by atoms with van der Waals surface area (Å²) >= 11 is 0. The summed E-state index contributed by atoms with van der Waals surface area (Å²) in [5, 5.41) is 2.13. The van der Waals surface area contributed by atoms with Gasteiger partial charge in [-0.05, 0) is 49.1 Å². The molecule has 1 amide bonds. The molecule has 8 nitrogen and oxygen atoms in total. The second-order valence-corrected chi connectivity index (χ2v) is 11.9. The third kappa shape index (κ3) is 4.49. The average molecular weight is 481 g/mol. The number of amides is 1. The standard InChI is InChI=1S/C22H29NO7P2/c1-5-29-31(25,30-6-2)20-13-11-18(12-14-20)17-7-9-19(10-8-17)21-15-22(21,23-16-24)32(26,27-3)28-4/h7-14,16,21H,5-6,15H2,1-4H3,(H,23,24)/t21-,22-/m1/s1. The molecule has 0 aromatic heterocycles. The van der Waals surface area contributed by atoms with E-state index in [1.165, 1.54) is 14.2 Å². The Morgan fingerprint density at radius 2 is 1.44 bits per heavy atom. The molecule has 0 saturated heterocycles. The number of carbonyl (C=O) groups is 1. The first-order chi connectivity index (χ1) is 15.3. The lowest BCUT2D eigenvalue weighted by atomic mass is 10.0. The van der Waals surface area contributed by atoms with Gasteiger partial charge < -0.3 is 23.4 Å². The highest BCUT2D eigenvalue weighted by Crippen LogP contribution is 2.74. The van der Waals surface area contributed by atoms with Crippen LogP contribution in [0.5, 0.6) is 0 Å². The van der Waals surface area contributed by atoms with E-state index in [1.807, 2.05) is 36.4 Å².